The second-order valence-corrected chi connectivity index (χ2v) is 5.48. The van der Waals surface area contributed by atoms with Gasteiger partial charge >= 0.3 is 0 Å². The van der Waals surface area contributed by atoms with Gasteiger partial charge < -0.3 is 15.2 Å². The van der Waals surface area contributed by atoms with Gasteiger partial charge in [-0.1, -0.05) is 13.0 Å². The summed E-state index contributed by atoms with van der Waals surface area (Å²) < 4.78 is 10.6. The van der Waals surface area contributed by atoms with E-state index in [9.17, 15) is 0 Å². The summed E-state index contributed by atoms with van der Waals surface area (Å²) in [6.45, 7) is 5.26. The molecule has 0 bridgehead atoms. The fourth-order valence-electron chi connectivity index (χ4n) is 2.88. The van der Waals surface area contributed by atoms with Crippen molar-refractivity contribution >= 4 is 0 Å². The van der Waals surface area contributed by atoms with E-state index in [-0.39, 0.29) is 0 Å². The van der Waals surface area contributed by atoms with E-state index in [0.717, 1.165) is 37.6 Å². The Morgan fingerprint density at radius 1 is 1.21 bits per heavy atom. The molecule has 2 rings (SSSR count). The van der Waals surface area contributed by atoms with Crippen molar-refractivity contribution in [2.75, 3.05) is 27.3 Å². The van der Waals surface area contributed by atoms with Crippen molar-refractivity contribution in [2.45, 2.75) is 25.9 Å². The van der Waals surface area contributed by atoms with E-state index in [1.165, 1.54) is 5.56 Å². The summed E-state index contributed by atoms with van der Waals surface area (Å²) >= 11 is 0. The lowest BCUT2D eigenvalue weighted by Gasteiger charge is -2.34. The maximum absolute atomic E-state index is 6.08. The number of ether oxygens (including phenoxy) is 2. The Kier molecular flexibility index (Phi) is 4.66. The number of nitrogens with zero attached hydrogens (tertiary/aromatic N) is 1. The quantitative estimate of drug-likeness (QED) is 0.902. The summed E-state index contributed by atoms with van der Waals surface area (Å²) in [4.78, 5) is 2.42. The molecule has 1 fully saturated rings. The van der Waals surface area contributed by atoms with Gasteiger partial charge in [-0.05, 0) is 30.0 Å². The summed E-state index contributed by atoms with van der Waals surface area (Å²) in [6, 6.07) is 6.39. The molecule has 2 atom stereocenters. The van der Waals surface area contributed by atoms with Crippen LogP contribution >= 0.6 is 0 Å². The largest absolute Gasteiger partial charge is 0.493 e. The zero-order chi connectivity index (χ0) is 13.8. The molecule has 0 radical (unpaired) electrons. The van der Waals surface area contributed by atoms with Crippen molar-refractivity contribution < 1.29 is 9.47 Å². The first-order valence-electron chi connectivity index (χ1n) is 6.81. The zero-order valence-electron chi connectivity index (χ0n) is 12.1. The molecular weight excluding hydrogens is 240 g/mol. The fourth-order valence-corrected chi connectivity index (χ4v) is 2.88. The lowest BCUT2D eigenvalue weighted by atomic mass is 9.96. The number of methoxy groups -OCH3 is 2. The summed E-state index contributed by atoms with van der Waals surface area (Å²) in [7, 11) is 3.32. The number of benzene rings is 1. The third-order valence-corrected chi connectivity index (χ3v) is 3.62. The highest BCUT2D eigenvalue weighted by Crippen LogP contribution is 2.28. The van der Waals surface area contributed by atoms with Gasteiger partial charge in [-0.25, -0.2) is 0 Å². The zero-order valence-corrected chi connectivity index (χ0v) is 12.1. The molecule has 2 unspecified atom stereocenters. The first kappa shape index (κ1) is 14.2. The Bertz CT molecular complexity index is 413. The molecule has 1 saturated heterocycles. The Labute approximate surface area is 115 Å². The third-order valence-electron chi connectivity index (χ3n) is 3.62. The lowest BCUT2D eigenvalue weighted by molar-refractivity contribution is 0.158. The van der Waals surface area contributed by atoms with E-state index >= 15 is 0 Å². The summed E-state index contributed by atoms with van der Waals surface area (Å²) in [6.07, 6.45) is 1.13. The van der Waals surface area contributed by atoms with Crippen LogP contribution in [0.5, 0.6) is 11.5 Å². The Balaban J connectivity index is 2.06. The van der Waals surface area contributed by atoms with Crippen molar-refractivity contribution in [1.82, 2.24) is 4.90 Å². The highest BCUT2D eigenvalue weighted by Gasteiger charge is 2.22. The van der Waals surface area contributed by atoms with Gasteiger partial charge in [0, 0.05) is 25.7 Å². The molecule has 106 valence electrons. The highest BCUT2D eigenvalue weighted by atomic mass is 16.5. The maximum atomic E-state index is 6.08. The van der Waals surface area contributed by atoms with Crippen LogP contribution < -0.4 is 15.2 Å². The number of hydrogen-bond acceptors (Lipinski definition) is 4. The van der Waals surface area contributed by atoms with Gasteiger partial charge in [0.05, 0.1) is 14.2 Å². The molecule has 1 aliphatic rings. The summed E-state index contributed by atoms with van der Waals surface area (Å²) in [5.41, 5.74) is 7.32. The molecule has 19 heavy (non-hydrogen) atoms. The molecule has 1 heterocycles. The summed E-state index contributed by atoms with van der Waals surface area (Å²) in [5, 5.41) is 0. The molecule has 1 aromatic rings. The van der Waals surface area contributed by atoms with E-state index < -0.39 is 0 Å². The molecule has 4 nitrogen and oxygen atoms in total. The van der Waals surface area contributed by atoms with Crippen LogP contribution in [0.4, 0.5) is 0 Å². The molecule has 0 aliphatic carbocycles. The van der Waals surface area contributed by atoms with Gasteiger partial charge in [0.25, 0.3) is 0 Å². The van der Waals surface area contributed by atoms with Crippen LogP contribution in [0.2, 0.25) is 0 Å². The van der Waals surface area contributed by atoms with Crippen LogP contribution in [0.3, 0.4) is 0 Å². The summed E-state index contributed by atoms with van der Waals surface area (Å²) in [5.74, 6) is 2.23. The highest BCUT2D eigenvalue weighted by molar-refractivity contribution is 5.42. The van der Waals surface area contributed by atoms with E-state index in [2.05, 4.69) is 17.9 Å². The lowest BCUT2D eigenvalue weighted by Crippen LogP contribution is -2.45. The first-order valence-corrected chi connectivity index (χ1v) is 6.81. The van der Waals surface area contributed by atoms with Crippen molar-refractivity contribution in [2.24, 2.45) is 11.7 Å². The van der Waals surface area contributed by atoms with Crippen LogP contribution in [0, 0.1) is 5.92 Å². The number of piperidine rings is 1. The number of hydrogen-bond donors (Lipinski definition) is 1. The van der Waals surface area contributed by atoms with E-state index in [1.807, 2.05) is 12.1 Å². The molecule has 2 N–H and O–H groups in total. The van der Waals surface area contributed by atoms with Crippen LogP contribution in [-0.4, -0.2) is 38.3 Å². The van der Waals surface area contributed by atoms with E-state index in [0.29, 0.717) is 12.0 Å². The fraction of sp³-hybridized carbons (Fsp3) is 0.600. The predicted octanol–water partition coefficient (Wildman–Crippen LogP) is 1.87. The SMILES string of the molecule is COc1ccc(CN2CC(C)CC(N)C2)cc1OC. The standard InChI is InChI=1S/C15H24N2O2/c1-11-6-13(16)10-17(8-11)9-12-4-5-14(18-2)15(7-12)19-3/h4-5,7,11,13H,6,8-10,16H2,1-3H3. The molecule has 0 amide bonds. The van der Waals surface area contributed by atoms with Crippen LogP contribution in [-0.2, 0) is 6.54 Å². The normalized spacial score (nSPS) is 24.2. The van der Waals surface area contributed by atoms with Crippen molar-refractivity contribution in [3.05, 3.63) is 23.8 Å². The smallest absolute Gasteiger partial charge is 0.161 e. The Hall–Kier alpha value is -1.26. The van der Waals surface area contributed by atoms with Crippen molar-refractivity contribution in [3.63, 3.8) is 0 Å². The van der Waals surface area contributed by atoms with Gasteiger partial charge in [0.1, 0.15) is 0 Å². The van der Waals surface area contributed by atoms with Gasteiger partial charge in [0.2, 0.25) is 0 Å². The second-order valence-electron chi connectivity index (χ2n) is 5.48. The average Bonchev–Trinajstić information content (AvgIpc) is 2.37. The van der Waals surface area contributed by atoms with E-state index in [4.69, 9.17) is 15.2 Å². The van der Waals surface area contributed by atoms with Crippen LogP contribution in [0.1, 0.15) is 18.9 Å². The molecule has 0 saturated carbocycles. The van der Waals surface area contributed by atoms with Crippen LogP contribution in [0.25, 0.3) is 0 Å². The molecule has 4 heteroatoms. The van der Waals surface area contributed by atoms with Gasteiger partial charge in [-0.15, -0.1) is 0 Å². The predicted molar refractivity (Wildman–Crippen MR) is 76.6 cm³/mol. The molecule has 0 aromatic heterocycles. The minimum Gasteiger partial charge on any atom is -0.493 e. The van der Waals surface area contributed by atoms with E-state index in [1.54, 1.807) is 14.2 Å². The second kappa shape index (κ2) is 6.26. The molecular formula is C15H24N2O2. The van der Waals surface area contributed by atoms with Gasteiger partial charge in [-0.3, -0.25) is 4.90 Å². The van der Waals surface area contributed by atoms with Crippen molar-refractivity contribution in [3.8, 4) is 11.5 Å². The number of nitrogens with two attached hydrogens (primary N) is 1. The van der Waals surface area contributed by atoms with Gasteiger partial charge in [0.15, 0.2) is 11.5 Å². The van der Waals surface area contributed by atoms with Gasteiger partial charge in [-0.2, -0.15) is 0 Å². The first-order chi connectivity index (χ1) is 9.12. The minimum absolute atomic E-state index is 0.295. The maximum Gasteiger partial charge on any atom is 0.161 e. The van der Waals surface area contributed by atoms with Crippen molar-refractivity contribution in [1.29, 1.82) is 0 Å². The number of likely N-dealkylation sites (tertiary alicyclic amines) is 1. The topological polar surface area (TPSA) is 47.7 Å². The monoisotopic (exact) mass is 264 g/mol. The molecule has 0 spiro atoms. The Morgan fingerprint density at radius 2 is 1.95 bits per heavy atom. The third kappa shape index (κ3) is 3.61. The molecule has 1 aliphatic heterocycles. The Morgan fingerprint density at radius 3 is 2.58 bits per heavy atom. The molecule has 1 aromatic carbocycles. The minimum atomic E-state index is 0.295. The average molecular weight is 264 g/mol. The van der Waals surface area contributed by atoms with Crippen LogP contribution in [0.15, 0.2) is 18.2 Å². The number of rotatable bonds is 4.